The molecule has 1 aliphatic rings. The van der Waals surface area contributed by atoms with Gasteiger partial charge in [-0.3, -0.25) is 4.79 Å². The van der Waals surface area contributed by atoms with Crippen molar-refractivity contribution in [3.8, 4) is 5.75 Å². The highest BCUT2D eigenvalue weighted by atomic mass is 35.5. The largest absolute Gasteiger partial charge is 0.493 e. The van der Waals surface area contributed by atoms with Gasteiger partial charge in [-0.1, -0.05) is 37.6 Å². The summed E-state index contributed by atoms with van der Waals surface area (Å²) in [5.74, 6) is 1.03. The highest BCUT2D eigenvalue weighted by Crippen LogP contribution is 2.24. The molecule has 1 heterocycles. The average Bonchev–Trinajstić information content (AvgIpc) is 3.04. The first-order valence-electron chi connectivity index (χ1n) is 9.72. The summed E-state index contributed by atoms with van der Waals surface area (Å²) >= 11 is 6.09. The Hall–Kier alpha value is -2.05. The second-order valence-electron chi connectivity index (χ2n) is 7.85. The summed E-state index contributed by atoms with van der Waals surface area (Å²) in [7, 11) is -3.12. The molecule has 1 unspecified atom stereocenters. The molecule has 1 atom stereocenters. The van der Waals surface area contributed by atoms with E-state index in [0.717, 1.165) is 5.56 Å². The molecule has 29 heavy (non-hydrogen) atoms. The molecule has 0 aliphatic carbocycles. The zero-order valence-electron chi connectivity index (χ0n) is 16.7. The van der Waals surface area contributed by atoms with Crippen LogP contribution < -0.4 is 4.74 Å². The third kappa shape index (κ3) is 5.97. The lowest BCUT2D eigenvalue weighted by Crippen LogP contribution is -2.40. The minimum Gasteiger partial charge on any atom is -0.493 e. The van der Waals surface area contributed by atoms with Crippen molar-refractivity contribution in [3.05, 3.63) is 64.7 Å². The van der Waals surface area contributed by atoms with Crippen LogP contribution >= 0.6 is 11.6 Å². The first-order chi connectivity index (χ1) is 13.7. The van der Waals surface area contributed by atoms with Crippen LogP contribution in [-0.2, 0) is 16.4 Å². The van der Waals surface area contributed by atoms with Gasteiger partial charge in [0.2, 0.25) is 0 Å². The Morgan fingerprint density at radius 3 is 2.52 bits per heavy atom. The highest BCUT2D eigenvalue weighted by molar-refractivity contribution is 7.91. The molecule has 0 aromatic heterocycles. The van der Waals surface area contributed by atoms with Crippen molar-refractivity contribution in [2.24, 2.45) is 5.92 Å². The molecule has 0 saturated carbocycles. The molecule has 1 fully saturated rings. The fourth-order valence-electron chi connectivity index (χ4n) is 3.34. The van der Waals surface area contributed by atoms with Gasteiger partial charge in [0.05, 0.1) is 18.1 Å². The molecule has 1 saturated heterocycles. The Bertz CT molecular complexity index is 957. The van der Waals surface area contributed by atoms with Crippen molar-refractivity contribution in [1.29, 1.82) is 0 Å². The van der Waals surface area contributed by atoms with Crippen LogP contribution in [0.25, 0.3) is 0 Å². The predicted octanol–water partition coefficient (Wildman–Crippen LogP) is 4.20. The van der Waals surface area contributed by atoms with Crippen LogP contribution in [0.3, 0.4) is 0 Å². The van der Waals surface area contributed by atoms with Gasteiger partial charge in [0, 0.05) is 23.2 Å². The molecule has 156 valence electrons. The number of ether oxygens (including phenoxy) is 1. The fourth-order valence-corrected chi connectivity index (χ4v) is 5.29. The summed E-state index contributed by atoms with van der Waals surface area (Å²) < 4.78 is 29.7. The number of sulfone groups is 1. The minimum atomic E-state index is -3.12. The fraction of sp³-hybridized carbons (Fsp3) is 0.409. The third-order valence-corrected chi connectivity index (χ3v) is 6.82. The zero-order valence-corrected chi connectivity index (χ0v) is 18.2. The van der Waals surface area contributed by atoms with Gasteiger partial charge in [0.15, 0.2) is 9.84 Å². The zero-order chi connectivity index (χ0) is 21.0. The SMILES string of the molecule is CC(C)COc1ccc(C(=O)N(Cc2cccc(Cl)c2)C2CCS(=O)(=O)C2)cc1. The predicted molar refractivity (Wildman–Crippen MR) is 115 cm³/mol. The number of hydrogen-bond acceptors (Lipinski definition) is 4. The summed E-state index contributed by atoms with van der Waals surface area (Å²) in [6.07, 6.45) is 0.449. The first-order valence-corrected chi connectivity index (χ1v) is 11.9. The van der Waals surface area contributed by atoms with Crippen molar-refractivity contribution in [2.75, 3.05) is 18.1 Å². The topological polar surface area (TPSA) is 63.7 Å². The molecule has 7 heteroatoms. The van der Waals surface area contributed by atoms with Crippen LogP contribution in [0.5, 0.6) is 5.75 Å². The quantitative estimate of drug-likeness (QED) is 0.653. The third-order valence-electron chi connectivity index (χ3n) is 4.84. The number of carbonyl (C=O) groups excluding carboxylic acids is 1. The Morgan fingerprint density at radius 2 is 1.93 bits per heavy atom. The first kappa shape index (κ1) is 21.7. The molecule has 0 bridgehead atoms. The van der Waals surface area contributed by atoms with Crippen molar-refractivity contribution in [1.82, 2.24) is 4.90 Å². The summed E-state index contributed by atoms with van der Waals surface area (Å²) in [6, 6.07) is 13.9. The molecule has 2 aromatic carbocycles. The number of rotatable bonds is 7. The standard InChI is InChI=1S/C22H26ClNO4S/c1-16(2)14-28-21-8-6-18(7-9-21)22(25)24(20-10-11-29(26,27)15-20)13-17-4-3-5-19(23)12-17/h3-9,12,16,20H,10-11,13-15H2,1-2H3. The Morgan fingerprint density at radius 1 is 1.21 bits per heavy atom. The van der Waals surface area contributed by atoms with Crippen molar-refractivity contribution >= 4 is 27.3 Å². The van der Waals surface area contributed by atoms with E-state index in [4.69, 9.17) is 16.3 Å². The summed E-state index contributed by atoms with van der Waals surface area (Å²) in [5, 5.41) is 0.584. The van der Waals surface area contributed by atoms with Gasteiger partial charge in [-0.05, 0) is 54.3 Å². The van der Waals surface area contributed by atoms with E-state index in [1.807, 2.05) is 12.1 Å². The van der Waals surface area contributed by atoms with E-state index in [-0.39, 0.29) is 23.5 Å². The number of hydrogen-bond donors (Lipinski definition) is 0. The Kier molecular flexibility index (Phi) is 6.85. The van der Waals surface area contributed by atoms with Crippen LogP contribution in [-0.4, -0.2) is 43.4 Å². The minimum absolute atomic E-state index is 0.00507. The van der Waals surface area contributed by atoms with Crippen LogP contribution in [0, 0.1) is 5.92 Å². The van der Waals surface area contributed by atoms with Gasteiger partial charge in [-0.25, -0.2) is 8.42 Å². The van der Waals surface area contributed by atoms with Gasteiger partial charge in [-0.15, -0.1) is 0 Å². The van der Waals surface area contributed by atoms with E-state index in [0.29, 0.717) is 41.8 Å². The van der Waals surface area contributed by atoms with Crippen LogP contribution in [0.2, 0.25) is 5.02 Å². The molecule has 1 aliphatic heterocycles. The smallest absolute Gasteiger partial charge is 0.254 e. The molecule has 5 nitrogen and oxygen atoms in total. The highest BCUT2D eigenvalue weighted by Gasteiger charge is 2.35. The maximum atomic E-state index is 13.3. The monoisotopic (exact) mass is 435 g/mol. The molecule has 0 spiro atoms. The van der Waals surface area contributed by atoms with Gasteiger partial charge in [-0.2, -0.15) is 0 Å². The van der Waals surface area contributed by atoms with E-state index >= 15 is 0 Å². The van der Waals surface area contributed by atoms with Crippen LogP contribution in [0.4, 0.5) is 0 Å². The molecule has 3 rings (SSSR count). The number of nitrogens with zero attached hydrogens (tertiary/aromatic N) is 1. The molecule has 0 N–H and O–H groups in total. The van der Waals surface area contributed by atoms with Crippen molar-refractivity contribution in [3.63, 3.8) is 0 Å². The Labute approximate surface area is 177 Å². The molecular weight excluding hydrogens is 410 g/mol. The van der Waals surface area contributed by atoms with Gasteiger partial charge in [0.1, 0.15) is 5.75 Å². The van der Waals surface area contributed by atoms with E-state index in [1.165, 1.54) is 0 Å². The lowest BCUT2D eigenvalue weighted by atomic mass is 10.1. The van der Waals surface area contributed by atoms with Crippen molar-refractivity contribution < 1.29 is 17.9 Å². The summed E-state index contributed by atoms with van der Waals surface area (Å²) in [6.45, 7) is 5.06. The Balaban J connectivity index is 1.82. The number of carbonyl (C=O) groups is 1. The lowest BCUT2D eigenvalue weighted by molar-refractivity contribution is 0.0681. The molecule has 1 amide bonds. The number of benzene rings is 2. The summed E-state index contributed by atoms with van der Waals surface area (Å²) in [4.78, 5) is 14.9. The lowest BCUT2D eigenvalue weighted by Gasteiger charge is -2.28. The summed E-state index contributed by atoms with van der Waals surface area (Å²) in [5.41, 5.74) is 1.38. The van der Waals surface area contributed by atoms with E-state index in [2.05, 4.69) is 13.8 Å². The second kappa shape index (κ2) is 9.18. The number of halogens is 1. The second-order valence-corrected chi connectivity index (χ2v) is 10.5. The normalized spacial score (nSPS) is 18.0. The van der Waals surface area contributed by atoms with Crippen LogP contribution in [0.15, 0.2) is 48.5 Å². The number of amides is 1. The van der Waals surface area contributed by atoms with Crippen molar-refractivity contribution in [2.45, 2.75) is 32.9 Å². The van der Waals surface area contributed by atoms with Gasteiger partial charge >= 0.3 is 0 Å². The van der Waals surface area contributed by atoms with E-state index < -0.39 is 9.84 Å². The average molecular weight is 436 g/mol. The maximum absolute atomic E-state index is 13.3. The van der Waals surface area contributed by atoms with E-state index in [9.17, 15) is 13.2 Å². The van der Waals surface area contributed by atoms with E-state index in [1.54, 1.807) is 41.3 Å². The van der Waals surface area contributed by atoms with Crippen LogP contribution in [0.1, 0.15) is 36.2 Å². The molecule has 0 radical (unpaired) electrons. The maximum Gasteiger partial charge on any atom is 0.254 e. The molecule has 2 aromatic rings. The van der Waals surface area contributed by atoms with Gasteiger partial charge in [0.25, 0.3) is 5.91 Å². The van der Waals surface area contributed by atoms with Gasteiger partial charge < -0.3 is 9.64 Å². The molecular formula is C22H26ClNO4S.